The number of carbonyl (C=O) groups is 2. The molecule has 0 fully saturated rings. The number of nitrogens with one attached hydrogen (secondary N) is 3. The molecule has 1 amide bonds. The molecule has 15 nitrogen and oxygen atoms in total. The number of thiazole rings is 2. The van der Waals surface area contributed by atoms with Crippen LogP contribution in [0.5, 0.6) is 5.75 Å². The summed E-state index contributed by atoms with van der Waals surface area (Å²) in [5.74, 6) is 4.83. The molecule has 11 N–H and O–H groups in total. The number of hydrogen-bond donors (Lipinski definition) is 7. The number of nitrogens with two attached hydrogens (primary N) is 4. The molecule has 18 heteroatoms. The van der Waals surface area contributed by atoms with E-state index in [1.807, 2.05) is 165 Å². The Kier molecular flexibility index (Phi) is 17.0. The first-order chi connectivity index (χ1) is 39.7. The highest BCUT2D eigenvalue weighted by Gasteiger charge is 2.34. The van der Waals surface area contributed by atoms with Gasteiger partial charge in [0.15, 0.2) is 27.5 Å². The summed E-state index contributed by atoms with van der Waals surface area (Å²) in [5.41, 5.74) is 31.3. The smallest absolute Gasteiger partial charge is 0.358 e. The minimum atomic E-state index is -0.837. The molecule has 0 spiro atoms. The van der Waals surface area contributed by atoms with Crippen molar-refractivity contribution in [1.29, 1.82) is 0 Å². The predicted molar refractivity (Wildman–Crippen MR) is 334 cm³/mol. The Morgan fingerprint density at radius 3 is 2.18 bits per heavy atom. The lowest BCUT2D eigenvalue weighted by molar-refractivity contribution is 0.0444. The first kappa shape index (κ1) is 55.9. The van der Waals surface area contributed by atoms with Gasteiger partial charge in [-0.1, -0.05) is 102 Å². The van der Waals surface area contributed by atoms with Gasteiger partial charge in [0.2, 0.25) is 0 Å². The standard InChI is InChI=1S/C48H45FN8O4S2.C10H10N2.C6H7N/c1-48(54-37-15-7-13-32-35(50)19-20-38(55-48)42(32)37)28-61-45(59)43-41(17-9-25-60-39-21-18-29(26-34(39)49)10-8-23-56(2)3)63-47(52-43)57-24-22-30-11-6-12-31(33(30)27-57)44(58)53-46-51-36-14-4-5-16-40(36)62-46;11-9-5-6-10(12)8-4-2-1-3-7(8)9;7-6-4-2-1-3-5-6/h4-7,11-16,18-21,26,54-55H,9,17,22-25,27-28,50H2,1-3H3,(H,51,53,58);1-6H,11-12H2;1-5H,7H2. The number of nitrogen functional groups attached to an aromatic ring is 4. The number of aromatic nitrogens is 2. The normalized spacial score (nSPS) is 14.0. The molecule has 2 aliphatic rings. The van der Waals surface area contributed by atoms with Crippen LogP contribution in [0.15, 0.2) is 158 Å². The molecule has 0 bridgehead atoms. The van der Waals surface area contributed by atoms with E-state index >= 15 is 4.39 Å². The maximum Gasteiger partial charge on any atom is 0.358 e. The fraction of sp³-hybridized carbons (Fsp3) is 0.188. The van der Waals surface area contributed by atoms with Crippen LogP contribution < -0.4 is 48.5 Å². The number of aryl methyl sites for hydroxylation is 1. The van der Waals surface area contributed by atoms with Crippen molar-refractivity contribution in [1.82, 2.24) is 14.9 Å². The highest BCUT2D eigenvalue weighted by atomic mass is 32.1. The molecule has 4 heterocycles. The highest BCUT2D eigenvalue weighted by Crippen LogP contribution is 2.41. The summed E-state index contributed by atoms with van der Waals surface area (Å²) in [4.78, 5) is 42.2. The monoisotopic (exact) mass is 1130 g/mol. The number of amides is 1. The second-order valence-corrected chi connectivity index (χ2v) is 22.3. The SMILES string of the molecule is CN(C)CC#Cc1ccc(OCCCc2sc(N3CCc4cccc(C(=O)Nc5nc6ccccc6s5)c4C3)nc2C(=O)OCC2(C)Nc3cccc4c(N)ccc(c34)N2)c(F)c1.Nc1ccc(N)c2ccccc12.Nc1ccccc1. The Balaban J connectivity index is 0.000000332. The molecule has 10 aromatic rings. The molecular formula is C64H62FN11O4S2. The van der Waals surface area contributed by atoms with Crippen LogP contribution in [0.2, 0.25) is 0 Å². The number of esters is 1. The zero-order valence-corrected chi connectivity index (χ0v) is 47.2. The van der Waals surface area contributed by atoms with E-state index in [1.54, 1.807) is 12.1 Å². The molecule has 8 aromatic carbocycles. The summed E-state index contributed by atoms with van der Waals surface area (Å²) in [6, 6.07) is 49.0. The minimum absolute atomic E-state index is 0.0134. The molecule has 2 aliphatic heterocycles. The van der Waals surface area contributed by atoms with E-state index < -0.39 is 17.4 Å². The number of fused-ring (bicyclic) bond motifs is 3. The average Bonchev–Trinajstić information content (AvgIpc) is 3.87. The van der Waals surface area contributed by atoms with Crippen LogP contribution >= 0.6 is 22.7 Å². The van der Waals surface area contributed by atoms with Crippen LogP contribution in [-0.4, -0.2) is 72.8 Å². The van der Waals surface area contributed by atoms with Crippen molar-refractivity contribution in [2.75, 3.05) is 84.2 Å². The number of rotatable bonds is 12. The van der Waals surface area contributed by atoms with E-state index in [4.69, 9.17) is 37.4 Å². The zero-order valence-electron chi connectivity index (χ0n) is 45.6. The van der Waals surface area contributed by atoms with Gasteiger partial charge in [-0.25, -0.2) is 19.2 Å². The average molecular weight is 1130 g/mol. The molecule has 0 aliphatic carbocycles. The van der Waals surface area contributed by atoms with Crippen molar-refractivity contribution in [3.05, 3.63) is 196 Å². The summed E-state index contributed by atoms with van der Waals surface area (Å²) in [6.45, 7) is 3.74. The number of para-hydroxylation sites is 2. The Morgan fingerprint density at radius 2 is 1.46 bits per heavy atom. The van der Waals surface area contributed by atoms with Gasteiger partial charge in [-0.05, 0) is 130 Å². The van der Waals surface area contributed by atoms with Gasteiger partial charge in [-0.3, -0.25) is 15.0 Å². The largest absolute Gasteiger partial charge is 0.491 e. The van der Waals surface area contributed by atoms with Crippen molar-refractivity contribution in [2.45, 2.75) is 38.4 Å². The molecule has 1 unspecified atom stereocenters. The third-order valence-corrected chi connectivity index (χ3v) is 15.9. The van der Waals surface area contributed by atoms with Gasteiger partial charge >= 0.3 is 5.97 Å². The van der Waals surface area contributed by atoms with Crippen LogP contribution in [0.3, 0.4) is 0 Å². The van der Waals surface area contributed by atoms with E-state index in [9.17, 15) is 9.59 Å². The molecule has 1 atom stereocenters. The Hall–Kier alpha value is -9.41. The van der Waals surface area contributed by atoms with Crippen LogP contribution in [-0.2, 0) is 24.1 Å². The molecule has 0 saturated heterocycles. The number of carbonyl (C=O) groups excluding carboxylic acids is 2. The molecule has 416 valence electrons. The molecule has 2 aromatic heterocycles. The number of nitrogens with zero attached hydrogens (tertiary/aromatic N) is 4. The summed E-state index contributed by atoms with van der Waals surface area (Å²) in [5, 5.41) is 15.2. The van der Waals surface area contributed by atoms with Gasteiger partial charge in [0.05, 0.1) is 23.4 Å². The maximum absolute atomic E-state index is 15.0. The fourth-order valence-corrected chi connectivity index (χ4v) is 11.6. The van der Waals surface area contributed by atoms with E-state index in [0.717, 1.165) is 76.2 Å². The third-order valence-electron chi connectivity index (χ3n) is 13.7. The number of benzene rings is 8. The lowest BCUT2D eigenvalue weighted by Crippen LogP contribution is -2.49. The minimum Gasteiger partial charge on any atom is -0.491 e. The lowest BCUT2D eigenvalue weighted by atomic mass is 9.94. The second kappa shape index (κ2) is 24.9. The van der Waals surface area contributed by atoms with E-state index in [1.165, 1.54) is 28.7 Å². The van der Waals surface area contributed by atoms with Gasteiger partial charge in [-0.15, -0.1) is 11.3 Å². The van der Waals surface area contributed by atoms with Crippen molar-refractivity contribution >= 4 is 111 Å². The van der Waals surface area contributed by atoms with E-state index in [2.05, 4.69) is 37.7 Å². The number of anilines is 8. The summed E-state index contributed by atoms with van der Waals surface area (Å²) in [6.07, 6.45) is 1.60. The Bertz CT molecular complexity index is 3940. The van der Waals surface area contributed by atoms with Crippen LogP contribution in [0.1, 0.15) is 55.8 Å². The van der Waals surface area contributed by atoms with Gasteiger partial charge in [-0.2, -0.15) is 0 Å². The summed E-state index contributed by atoms with van der Waals surface area (Å²) < 4.78 is 27.9. The van der Waals surface area contributed by atoms with Crippen molar-refractivity contribution < 1.29 is 23.5 Å². The summed E-state index contributed by atoms with van der Waals surface area (Å²) >= 11 is 2.84. The van der Waals surface area contributed by atoms with Crippen molar-refractivity contribution in [2.24, 2.45) is 0 Å². The van der Waals surface area contributed by atoms with Gasteiger partial charge in [0, 0.05) is 84.8 Å². The molecule has 82 heavy (non-hydrogen) atoms. The van der Waals surface area contributed by atoms with Crippen LogP contribution in [0.25, 0.3) is 31.8 Å². The van der Waals surface area contributed by atoms with Crippen LogP contribution in [0.4, 0.5) is 48.8 Å². The Morgan fingerprint density at radius 1 is 0.780 bits per heavy atom. The second-order valence-electron chi connectivity index (χ2n) is 20.2. The third kappa shape index (κ3) is 13.1. The molecule has 0 saturated carbocycles. The number of halogens is 1. The van der Waals surface area contributed by atoms with Crippen molar-refractivity contribution in [3.63, 3.8) is 0 Å². The van der Waals surface area contributed by atoms with Gasteiger partial charge in [0.25, 0.3) is 5.91 Å². The van der Waals surface area contributed by atoms with Gasteiger partial charge < -0.3 is 47.9 Å². The number of ether oxygens (including phenoxy) is 2. The molecule has 12 rings (SSSR count). The summed E-state index contributed by atoms with van der Waals surface area (Å²) in [7, 11) is 3.85. The quantitative estimate of drug-likeness (QED) is 0.0262. The first-order valence-electron chi connectivity index (χ1n) is 26.6. The van der Waals surface area contributed by atoms with Crippen molar-refractivity contribution in [3.8, 4) is 17.6 Å². The lowest BCUT2D eigenvalue weighted by Gasteiger charge is -2.38. The maximum atomic E-state index is 15.0. The van der Waals surface area contributed by atoms with E-state index in [0.29, 0.717) is 66.0 Å². The highest BCUT2D eigenvalue weighted by molar-refractivity contribution is 7.22. The topological polar surface area (TPSA) is 225 Å². The molecule has 0 radical (unpaired) electrons. The Labute approximate surface area is 483 Å². The number of hydrogen-bond acceptors (Lipinski definition) is 16. The fourth-order valence-electron chi connectivity index (χ4n) is 9.67. The predicted octanol–water partition coefficient (Wildman–Crippen LogP) is 12.1. The van der Waals surface area contributed by atoms with Gasteiger partial charge in [0.1, 0.15) is 12.3 Å². The van der Waals surface area contributed by atoms with Crippen LogP contribution in [0, 0.1) is 17.7 Å². The zero-order chi connectivity index (χ0) is 57.3. The first-order valence-corrected chi connectivity index (χ1v) is 28.3. The van der Waals surface area contributed by atoms with E-state index in [-0.39, 0.29) is 30.6 Å². The molecular weight excluding hydrogens is 1070 g/mol.